The molecule has 1 aromatic carbocycles. The molecule has 0 unspecified atom stereocenters. The van der Waals surface area contributed by atoms with E-state index in [0.29, 0.717) is 22.1 Å². The van der Waals surface area contributed by atoms with Gasteiger partial charge < -0.3 is 14.1 Å². The number of nitrogens with one attached hydrogen (secondary N) is 2. The predicted octanol–water partition coefficient (Wildman–Crippen LogP) is 4.19. The third-order valence-corrected chi connectivity index (χ3v) is 6.36. The van der Waals surface area contributed by atoms with Crippen LogP contribution in [0.4, 0.5) is 15.0 Å². The standard InChI is InChI=1S/C20H20ClFN4O5S2/c1-10-12-8-14(21)16(31-20(27)26(3)4)9-15(12)30-19(32)13(10)7-11-5-6-24-18(17(11)22)25-33(28,29)23-2/h5-6,8-9,23H,7H2,1-4H3,(H,24,25). The van der Waals surface area contributed by atoms with Crippen LogP contribution >= 0.6 is 23.8 Å². The second-order valence-electron chi connectivity index (χ2n) is 7.15. The number of nitrogens with zero attached hydrogens (tertiary/aromatic N) is 2. The Morgan fingerprint density at radius 2 is 2.06 bits per heavy atom. The molecule has 1 amide bonds. The first-order valence-corrected chi connectivity index (χ1v) is 11.7. The van der Waals surface area contributed by atoms with Crippen molar-refractivity contribution in [1.82, 2.24) is 14.6 Å². The number of halogens is 2. The van der Waals surface area contributed by atoms with Crippen LogP contribution in [0.15, 0.2) is 28.8 Å². The molecule has 2 N–H and O–H groups in total. The summed E-state index contributed by atoms with van der Waals surface area (Å²) in [5.41, 5.74) is 1.69. The van der Waals surface area contributed by atoms with E-state index in [9.17, 15) is 17.6 Å². The minimum atomic E-state index is -3.95. The van der Waals surface area contributed by atoms with Crippen molar-refractivity contribution in [1.29, 1.82) is 0 Å². The number of aromatic nitrogens is 1. The van der Waals surface area contributed by atoms with E-state index in [1.54, 1.807) is 13.0 Å². The van der Waals surface area contributed by atoms with Gasteiger partial charge in [-0.15, -0.1) is 0 Å². The molecule has 2 aromatic heterocycles. The number of carbonyl (C=O) groups excluding carboxylic acids is 1. The zero-order chi connectivity index (χ0) is 24.5. The van der Waals surface area contributed by atoms with Crippen LogP contribution in [0.25, 0.3) is 11.0 Å². The number of hydrogen-bond acceptors (Lipinski definition) is 7. The van der Waals surface area contributed by atoms with E-state index >= 15 is 0 Å². The quantitative estimate of drug-likeness (QED) is 0.474. The van der Waals surface area contributed by atoms with Crippen LogP contribution in [0, 0.1) is 17.4 Å². The highest BCUT2D eigenvalue weighted by molar-refractivity contribution is 7.90. The van der Waals surface area contributed by atoms with Crippen LogP contribution in [0.2, 0.25) is 5.02 Å². The first-order valence-electron chi connectivity index (χ1n) is 9.43. The van der Waals surface area contributed by atoms with Gasteiger partial charge in [0.2, 0.25) is 0 Å². The molecule has 33 heavy (non-hydrogen) atoms. The average molecular weight is 515 g/mol. The van der Waals surface area contributed by atoms with Gasteiger partial charge in [0.15, 0.2) is 22.1 Å². The zero-order valence-electron chi connectivity index (χ0n) is 18.0. The number of pyridine rings is 1. The van der Waals surface area contributed by atoms with Gasteiger partial charge >= 0.3 is 6.09 Å². The van der Waals surface area contributed by atoms with Crippen LogP contribution in [0.3, 0.4) is 0 Å². The van der Waals surface area contributed by atoms with Crippen molar-refractivity contribution in [2.75, 3.05) is 25.9 Å². The second kappa shape index (κ2) is 9.59. The van der Waals surface area contributed by atoms with Gasteiger partial charge in [0.05, 0.1) is 5.02 Å². The van der Waals surface area contributed by atoms with E-state index in [4.69, 9.17) is 33.0 Å². The molecule has 0 spiro atoms. The van der Waals surface area contributed by atoms with Crippen molar-refractivity contribution in [3.63, 3.8) is 0 Å². The van der Waals surface area contributed by atoms with Crippen molar-refractivity contribution >= 4 is 56.9 Å². The summed E-state index contributed by atoms with van der Waals surface area (Å²) < 4.78 is 53.5. The number of benzene rings is 1. The number of hydrogen-bond donors (Lipinski definition) is 2. The molecule has 0 aliphatic rings. The molecule has 0 saturated carbocycles. The maximum Gasteiger partial charge on any atom is 0.414 e. The molecule has 0 fully saturated rings. The number of fused-ring (bicyclic) bond motifs is 1. The predicted molar refractivity (Wildman–Crippen MR) is 125 cm³/mol. The summed E-state index contributed by atoms with van der Waals surface area (Å²) in [6, 6.07) is 4.45. The van der Waals surface area contributed by atoms with Gasteiger partial charge in [-0.05, 0) is 42.4 Å². The van der Waals surface area contributed by atoms with Gasteiger partial charge in [0.1, 0.15) is 5.58 Å². The number of carbonyl (C=O) groups is 1. The molecule has 0 aliphatic heterocycles. The Bertz CT molecular complexity index is 1410. The lowest BCUT2D eigenvalue weighted by atomic mass is 10.00. The molecule has 9 nitrogen and oxygen atoms in total. The van der Waals surface area contributed by atoms with Gasteiger partial charge in [-0.3, -0.25) is 4.72 Å². The van der Waals surface area contributed by atoms with Crippen molar-refractivity contribution in [3.8, 4) is 5.75 Å². The minimum absolute atomic E-state index is 0.0156. The molecule has 0 aliphatic carbocycles. The smallest absolute Gasteiger partial charge is 0.414 e. The molecule has 176 valence electrons. The van der Waals surface area contributed by atoms with Crippen molar-refractivity contribution in [3.05, 3.63) is 56.6 Å². The fourth-order valence-electron chi connectivity index (χ4n) is 2.92. The van der Waals surface area contributed by atoms with Crippen LogP contribution in [-0.4, -0.2) is 45.5 Å². The van der Waals surface area contributed by atoms with Crippen LogP contribution < -0.4 is 14.2 Å². The summed E-state index contributed by atoms with van der Waals surface area (Å²) in [7, 11) is 0.307. The van der Waals surface area contributed by atoms with E-state index in [-0.39, 0.29) is 27.5 Å². The fraction of sp³-hybridized carbons (Fsp3) is 0.250. The van der Waals surface area contributed by atoms with E-state index < -0.39 is 27.9 Å². The molecular weight excluding hydrogens is 495 g/mol. The highest BCUT2D eigenvalue weighted by Crippen LogP contribution is 2.34. The Morgan fingerprint density at radius 3 is 2.70 bits per heavy atom. The highest BCUT2D eigenvalue weighted by atomic mass is 35.5. The summed E-state index contributed by atoms with van der Waals surface area (Å²) in [6.07, 6.45) is 0.688. The molecule has 0 saturated heterocycles. The van der Waals surface area contributed by atoms with Crippen molar-refractivity contribution < 1.29 is 26.8 Å². The normalized spacial score (nSPS) is 11.5. The largest absolute Gasteiger partial charge is 0.445 e. The number of ether oxygens (including phenoxy) is 1. The topological polar surface area (TPSA) is 114 Å². The molecule has 0 radical (unpaired) electrons. The maximum atomic E-state index is 15.0. The first kappa shape index (κ1) is 24.8. The Labute approximate surface area is 199 Å². The van der Waals surface area contributed by atoms with E-state index in [2.05, 4.69) is 4.98 Å². The lowest BCUT2D eigenvalue weighted by Gasteiger charge is -2.14. The van der Waals surface area contributed by atoms with Crippen molar-refractivity contribution in [2.45, 2.75) is 13.3 Å². The van der Waals surface area contributed by atoms with Gasteiger partial charge in [-0.1, -0.05) is 11.6 Å². The second-order valence-corrected chi connectivity index (χ2v) is 9.55. The lowest BCUT2D eigenvalue weighted by Crippen LogP contribution is -2.27. The van der Waals surface area contributed by atoms with Crippen LogP contribution in [0.1, 0.15) is 16.7 Å². The molecule has 0 bridgehead atoms. The Balaban J connectivity index is 2.03. The van der Waals surface area contributed by atoms with Gasteiger partial charge in [0, 0.05) is 50.8 Å². The lowest BCUT2D eigenvalue weighted by molar-refractivity contribution is 0.172. The molecule has 3 aromatic rings. The average Bonchev–Trinajstić information content (AvgIpc) is 2.74. The van der Waals surface area contributed by atoms with Gasteiger partial charge in [-0.2, -0.15) is 8.42 Å². The molecular formula is C20H20ClFN4O5S2. The van der Waals surface area contributed by atoms with E-state index in [1.807, 2.05) is 9.44 Å². The van der Waals surface area contributed by atoms with E-state index in [0.717, 1.165) is 0 Å². The van der Waals surface area contributed by atoms with Crippen LogP contribution in [0.5, 0.6) is 5.75 Å². The Morgan fingerprint density at radius 1 is 1.36 bits per heavy atom. The summed E-state index contributed by atoms with van der Waals surface area (Å²) in [5.74, 6) is -1.18. The zero-order valence-corrected chi connectivity index (χ0v) is 20.4. The number of aryl methyl sites for hydroxylation is 1. The van der Waals surface area contributed by atoms with E-state index in [1.165, 1.54) is 44.4 Å². The third-order valence-electron chi connectivity index (χ3n) is 4.74. The van der Waals surface area contributed by atoms with Gasteiger partial charge in [-0.25, -0.2) is 18.9 Å². The number of amides is 1. The number of anilines is 1. The Kier molecular flexibility index (Phi) is 7.22. The molecule has 0 atom stereocenters. The Hall–Kier alpha value is -2.80. The fourth-order valence-corrected chi connectivity index (χ4v) is 3.93. The van der Waals surface area contributed by atoms with Crippen LogP contribution in [-0.2, 0) is 16.6 Å². The number of rotatable bonds is 6. The van der Waals surface area contributed by atoms with Crippen molar-refractivity contribution in [2.24, 2.45) is 0 Å². The SMILES string of the molecule is CNS(=O)(=O)Nc1nccc(Cc2c(C)c3cc(Cl)c(OC(=O)N(C)C)cc3oc2=S)c1F. The monoisotopic (exact) mass is 514 g/mol. The third kappa shape index (κ3) is 5.41. The summed E-state index contributed by atoms with van der Waals surface area (Å²) in [5, 5.41) is 0.775. The summed E-state index contributed by atoms with van der Waals surface area (Å²) in [6.45, 7) is 1.77. The molecule has 3 rings (SSSR count). The molecule has 13 heteroatoms. The minimum Gasteiger partial charge on any atom is -0.445 e. The van der Waals surface area contributed by atoms with Gasteiger partial charge in [0.25, 0.3) is 10.2 Å². The maximum absolute atomic E-state index is 15.0. The summed E-state index contributed by atoms with van der Waals surface area (Å²) in [4.78, 5) is 16.9. The summed E-state index contributed by atoms with van der Waals surface area (Å²) >= 11 is 11.7. The highest BCUT2D eigenvalue weighted by Gasteiger charge is 2.19. The molecule has 2 heterocycles. The first-order chi connectivity index (χ1) is 15.4.